The zero-order valence-electron chi connectivity index (χ0n) is 8.08. The first-order valence-electron chi connectivity index (χ1n) is 4.63. The van der Waals surface area contributed by atoms with Crippen LogP contribution in [0, 0.1) is 0 Å². The molecule has 1 fully saturated rings. The van der Waals surface area contributed by atoms with Gasteiger partial charge in [0.25, 0.3) is 0 Å². The van der Waals surface area contributed by atoms with Crippen molar-refractivity contribution in [1.29, 1.82) is 0 Å². The minimum Gasteiger partial charge on any atom is -0.453 e. The van der Waals surface area contributed by atoms with Crippen LogP contribution < -0.4 is 5.32 Å². The molecule has 0 saturated heterocycles. The highest BCUT2D eigenvalue weighted by Crippen LogP contribution is 2.49. The Morgan fingerprint density at radius 2 is 2.50 bits per heavy atom. The molecule has 1 aliphatic rings. The number of carbonyl (C=O) groups excluding carboxylic acids is 1. The number of rotatable bonds is 3. The van der Waals surface area contributed by atoms with Crippen LogP contribution in [0.25, 0.3) is 0 Å². The van der Waals surface area contributed by atoms with Crippen LogP contribution in [0.3, 0.4) is 0 Å². The number of methoxy groups -OCH3 is 1. The van der Waals surface area contributed by atoms with Gasteiger partial charge in [-0.05, 0) is 24.3 Å². The summed E-state index contributed by atoms with van der Waals surface area (Å²) in [5.74, 6) is 0. The summed E-state index contributed by atoms with van der Waals surface area (Å²) in [6.07, 6.45) is 1.99. The van der Waals surface area contributed by atoms with Crippen LogP contribution in [-0.2, 0) is 10.2 Å². The van der Waals surface area contributed by atoms with Crippen molar-refractivity contribution < 1.29 is 9.53 Å². The zero-order chi connectivity index (χ0) is 10.0. The third kappa shape index (κ3) is 1.75. The topological polar surface area (TPSA) is 38.3 Å². The molecule has 4 heteroatoms. The first-order valence-corrected chi connectivity index (χ1v) is 5.51. The average Bonchev–Trinajstić information content (AvgIpc) is 2.79. The van der Waals surface area contributed by atoms with E-state index < -0.39 is 0 Å². The van der Waals surface area contributed by atoms with Crippen LogP contribution in [0.5, 0.6) is 0 Å². The van der Waals surface area contributed by atoms with Crippen molar-refractivity contribution in [2.75, 3.05) is 13.7 Å². The summed E-state index contributed by atoms with van der Waals surface area (Å²) in [7, 11) is 1.39. The summed E-state index contributed by atoms with van der Waals surface area (Å²) in [5.41, 5.74) is 0.211. The van der Waals surface area contributed by atoms with Gasteiger partial charge in [0.1, 0.15) is 0 Å². The zero-order valence-corrected chi connectivity index (χ0v) is 8.89. The van der Waals surface area contributed by atoms with Crippen LogP contribution in [-0.4, -0.2) is 19.7 Å². The molecule has 3 nitrogen and oxygen atoms in total. The number of alkyl carbamates (subject to hydrolysis) is 1. The molecule has 14 heavy (non-hydrogen) atoms. The Labute approximate surface area is 87.1 Å². The number of hydrogen-bond donors (Lipinski definition) is 1. The number of amides is 1. The Morgan fingerprint density at radius 1 is 1.71 bits per heavy atom. The van der Waals surface area contributed by atoms with Gasteiger partial charge in [-0.1, -0.05) is 6.07 Å². The third-order valence-electron chi connectivity index (χ3n) is 2.65. The maximum absolute atomic E-state index is 10.9. The number of carbonyl (C=O) groups is 1. The first kappa shape index (κ1) is 9.52. The maximum atomic E-state index is 10.9. The number of hydrogen-bond acceptors (Lipinski definition) is 3. The van der Waals surface area contributed by atoms with Crippen molar-refractivity contribution in [1.82, 2.24) is 5.32 Å². The predicted octanol–water partition coefficient (Wildman–Crippen LogP) is 2.14. The van der Waals surface area contributed by atoms with Gasteiger partial charge in [-0.3, -0.25) is 0 Å². The lowest BCUT2D eigenvalue weighted by molar-refractivity contribution is 0.170. The van der Waals surface area contributed by atoms with E-state index in [2.05, 4.69) is 27.6 Å². The molecule has 1 amide bonds. The van der Waals surface area contributed by atoms with E-state index in [1.165, 1.54) is 12.0 Å². The Morgan fingerprint density at radius 3 is 3.00 bits per heavy atom. The molecular weight excluding hydrogens is 198 g/mol. The molecule has 0 spiro atoms. The lowest BCUT2D eigenvalue weighted by Gasteiger charge is -2.13. The Balaban J connectivity index is 1.94. The third-order valence-corrected chi connectivity index (χ3v) is 3.77. The maximum Gasteiger partial charge on any atom is 0.406 e. The van der Waals surface area contributed by atoms with Gasteiger partial charge >= 0.3 is 6.09 Å². The second-order valence-corrected chi connectivity index (χ2v) is 4.55. The lowest BCUT2D eigenvalue weighted by atomic mass is 10.1. The quantitative estimate of drug-likeness (QED) is 0.831. The molecular formula is C10H13NO2S. The predicted molar refractivity (Wildman–Crippen MR) is 55.6 cm³/mol. The minimum atomic E-state index is -0.340. The van der Waals surface area contributed by atoms with Crippen LogP contribution in [0.1, 0.15) is 17.7 Å². The highest BCUT2D eigenvalue weighted by Gasteiger charge is 2.45. The summed E-state index contributed by atoms with van der Waals surface area (Å²) in [6.45, 7) is 0.695. The number of thiophene rings is 1. The highest BCUT2D eigenvalue weighted by atomic mass is 32.1. The van der Waals surface area contributed by atoms with Crippen molar-refractivity contribution in [3.8, 4) is 0 Å². The van der Waals surface area contributed by atoms with E-state index in [-0.39, 0.29) is 11.5 Å². The second-order valence-electron chi connectivity index (χ2n) is 3.60. The molecule has 0 aromatic carbocycles. The minimum absolute atomic E-state index is 0.211. The van der Waals surface area contributed by atoms with Gasteiger partial charge in [-0.25, -0.2) is 4.79 Å². The molecule has 0 unspecified atom stereocenters. The molecule has 0 aliphatic heterocycles. The Hall–Kier alpha value is -1.03. The second kappa shape index (κ2) is 3.61. The van der Waals surface area contributed by atoms with E-state index >= 15 is 0 Å². The first-order chi connectivity index (χ1) is 6.77. The fraction of sp³-hybridized carbons (Fsp3) is 0.500. The van der Waals surface area contributed by atoms with Crippen molar-refractivity contribution in [3.63, 3.8) is 0 Å². The van der Waals surface area contributed by atoms with E-state index in [9.17, 15) is 4.79 Å². The lowest BCUT2D eigenvalue weighted by Crippen LogP contribution is -2.31. The molecule has 1 aromatic heterocycles. The fourth-order valence-electron chi connectivity index (χ4n) is 1.56. The van der Waals surface area contributed by atoms with Crippen molar-refractivity contribution in [2.45, 2.75) is 18.3 Å². The molecule has 1 N–H and O–H groups in total. The smallest absolute Gasteiger partial charge is 0.406 e. The molecule has 0 bridgehead atoms. The molecule has 1 heterocycles. The van der Waals surface area contributed by atoms with Gasteiger partial charge < -0.3 is 10.1 Å². The van der Waals surface area contributed by atoms with Gasteiger partial charge in [0.15, 0.2) is 0 Å². The number of nitrogens with one attached hydrogen (secondary N) is 1. The molecule has 0 radical (unpaired) electrons. The van der Waals surface area contributed by atoms with E-state index in [1.807, 2.05) is 0 Å². The van der Waals surface area contributed by atoms with Crippen molar-refractivity contribution in [2.24, 2.45) is 0 Å². The van der Waals surface area contributed by atoms with Crippen LogP contribution in [0.4, 0.5) is 4.79 Å². The standard InChI is InChI=1S/C10H13NO2S/c1-13-9(12)11-7-10(4-5-10)8-3-2-6-14-8/h2-3,6H,4-5,7H2,1H3,(H,11,12). The van der Waals surface area contributed by atoms with E-state index in [1.54, 1.807) is 11.3 Å². The van der Waals surface area contributed by atoms with Crippen LogP contribution >= 0.6 is 11.3 Å². The molecule has 0 atom stereocenters. The van der Waals surface area contributed by atoms with E-state index in [0.29, 0.717) is 6.54 Å². The normalized spacial score (nSPS) is 17.5. The fourth-order valence-corrected chi connectivity index (χ4v) is 2.54. The van der Waals surface area contributed by atoms with Crippen molar-refractivity contribution >= 4 is 17.4 Å². The summed E-state index contributed by atoms with van der Waals surface area (Å²) >= 11 is 1.76. The Kier molecular flexibility index (Phi) is 2.46. The van der Waals surface area contributed by atoms with Gasteiger partial charge in [0.05, 0.1) is 7.11 Å². The van der Waals surface area contributed by atoms with Gasteiger partial charge in [0, 0.05) is 16.8 Å². The summed E-state index contributed by atoms with van der Waals surface area (Å²) in [5, 5.41) is 4.85. The molecule has 76 valence electrons. The SMILES string of the molecule is COC(=O)NCC1(c2cccs2)CC1. The average molecular weight is 211 g/mol. The highest BCUT2D eigenvalue weighted by molar-refractivity contribution is 7.10. The monoisotopic (exact) mass is 211 g/mol. The molecule has 1 aromatic rings. The van der Waals surface area contributed by atoms with Crippen molar-refractivity contribution in [3.05, 3.63) is 22.4 Å². The van der Waals surface area contributed by atoms with Gasteiger partial charge in [0.2, 0.25) is 0 Å². The Bertz CT molecular complexity index is 317. The van der Waals surface area contributed by atoms with Crippen LogP contribution in [0.15, 0.2) is 17.5 Å². The summed E-state index contributed by atoms with van der Waals surface area (Å²) < 4.78 is 4.54. The molecule has 2 rings (SSSR count). The van der Waals surface area contributed by atoms with E-state index in [4.69, 9.17) is 0 Å². The van der Waals surface area contributed by atoms with Gasteiger partial charge in [-0.2, -0.15) is 0 Å². The largest absolute Gasteiger partial charge is 0.453 e. The summed E-state index contributed by atoms with van der Waals surface area (Å²) in [4.78, 5) is 12.3. The van der Waals surface area contributed by atoms with Gasteiger partial charge in [-0.15, -0.1) is 11.3 Å². The summed E-state index contributed by atoms with van der Waals surface area (Å²) in [6, 6.07) is 4.19. The van der Waals surface area contributed by atoms with E-state index in [0.717, 1.165) is 12.8 Å². The number of ether oxygens (including phenoxy) is 1. The molecule has 1 saturated carbocycles. The molecule has 1 aliphatic carbocycles. The van der Waals surface area contributed by atoms with Crippen LogP contribution in [0.2, 0.25) is 0 Å².